The lowest BCUT2D eigenvalue weighted by Crippen LogP contribution is -2.33. The quantitative estimate of drug-likeness (QED) is 0.354. The lowest BCUT2D eigenvalue weighted by Gasteiger charge is -2.33. The Balaban J connectivity index is 1.55. The van der Waals surface area contributed by atoms with Gasteiger partial charge in [-0.25, -0.2) is 4.31 Å². The van der Waals surface area contributed by atoms with Crippen LogP contribution in [0.5, 0.6) is 5.75 Å². The zero-order valence-electron chi connectivity index (χ0n) is 18.3. The molecule has 0 aromatic heterocycles. The van der Waals surface area contributed by atoms with Crippen LogP contribution in [0.3, 0.4) is 0 Å². The molecule has 33 heavy (non-hydrogen) atoms. The number of carbonyl (C=O) groups excluding carboxylic acids is 1. The van der Waals surface area contributed by atoms with Crippen LogP contribution in [0, 0.1) is 17.2 Å². The molecule has 1 fully saturated rings. The molecule has 1 heterocycles. The average molecular weight is 477 g/mol. The fourth-order valence-corrected chi connectivity index (χ4v) is 4.84. The highest BCUT2D eigenvalue weighted by Gasteiger charge is 2.22. The molecule has 0 aliphatic carbocycles. The van der Waals surface area contributed by atoms with Gasteiger partial charge in [-0.05, 0) is 78.7 Å². The summed E-state index contributed by atoms with van der Waals surface area (Å²) < 4.78 is 36.1. The van der Waals surface area contributed by atoms with Crippen molar-refractivity contribution in [1.29, 1.82) is 5.41 Å². The van der Waals surface area contributed by atoms with E-state index in [4.69, 9.17) is 15.9 Å². The number of ether oxygens (including phenoxy) is 2. The first-order valence-electron chi connectivity index (χ1n) is 10.4. The van der Waals surface area contributed by atoms with Crippen molar-refractivity contribution in [2.45, 2.75) is 31.8 Å². The molecule has 3 rings (SSSR count). The van der Waals surface area contributed by atoms with Crippen molar-refractivity contribution in [3.63, 3.8) is 0 Å². The summed E-state index contributed by atoms with van der Waals surface area (Å²) in [6, 6.07) is 11.8. The van der Waals surface area contributed by atoms with Gasteiger partial charge in [0.25, 0.3) is 11.9 Å². The number of piperidine rings is 1. The van der Waals surface area contributed by atoms with Gasteiger partial charge in [-0.1, -0.05) is 13.8 Å². The van der Waals surface area contributed by atoms with Crippen LogP contribution in [-0.2, 0) is 4.74 Å². The molecule has 1 saturated heterocycles. The zero-order valence-corrected chi connectivity index (χ0v) is 19.1. The summed E-state index contributed by atoms with van der Waals surface area (Å²) >= 11 is 1.67. The summed E-state index contributed by atoms with van der Waals surface area (Å²) in [6.45, 7) is 3.63. The number of nitrogens with zero attached hydrogens (tertiary/aromatic N) is 2. The second-order valence-electron chi connectivity index (χ2n) is 8.00. The molecule has 0 saturated carbocycles. The van der Waals surface area contributed by atoms with Crippen molar-refractivity contribution < 1.29 is 23.0 Å². The van der Waals surface area contributed by atoms with E-state index in [2.05, 4.69) is 27.9 Å². The number of benzene rings is 2. The number of alkyl halides is 2. The van der Waals surface area contributed by atoms with E-state index in [1.54, 1.807) is 24.1 Å². The van der Waals surface area contributed by atoms with E-state index >= 15 is 0 Å². The molecular formula is C23H26F2N4O3S. The molecule has 0 spiro atoms. The van der Waals surface area contributed by atoms with Crippen LogP contribution < -0.4 is 10.5 Å². The maximum atomic E-state index is 12.4. The molecule has 1 amide bonds. The first-order valence-corrected chi connectivity index (χ1v) is 11.2. The van der Waals surface area contributed by atoms with Crippen molar-refractivity contribution in [2.75, 3.05) is 13.1 Å². The van der Waals surface area contributed by atoms with Gasteiger partial charge < -0.3 is 15.2 Å². The number of amides is 1. The molecule has 176 valence electrons. The number of nitrogens with two attached hydrogens (primary N) is 1. The molecule has 1 aliphatic rings. The molecular weight excluding hydrogens is 450 g/mol. The van der Waals surface area contributed by atoms with Crippen molar-refractivity contribution in [1.82, 2.24) is 4.31 Å². The molecule has 10 heteroatoms. The van der Waals surface area contributed by atoms with Crippen molar-refractivity contribution in [3.05, 3.63) is 59.7 Å². The minimum atomic E-state index is -2.94. The minimum absolute atomic E-state index is 0.0516. The van der Waals surface area contributed by atoms with Gasteiger partial charge in [0.15, 0.2) is 0 Å². The largest absolute Gasteiger partial charge is 0.435 e. The van der Waals surface area contributed by atoms with Gasteiger partial charge in [0.05, 0.1) is 0 Å². The van der Waals surface area contributed by atoms with Crippen LogP contribution in [0.1, 0.15) is 36.2 Å². The highest BCUT2D eigenvalue weighted by Crippen LogP contribution is 2.30. The molecule has 3 N–H and O–H groups in total. The van der Waals surface area contributed by atoms with Gasteiger partial charge in [0, 0.05) is 29.1 Å². The van der Waals surface area contributed by atoms with E-state index < -0.39 is 18.5 Å². The fourth-order valence-electron chi connectivity index (χ4n) is 3.63. The summed E-state index contributed by atoms with van der Waals surface area (Å²) in [6.07, 6.45) is 1.24. The van der Waals surface area contributed by atoms with E-state index in [-0.39, 0.29) is 17.2 Å². The summed E-state index contributed by atoms with van der Waals surface area (Å²) in [5.41, 5.74) is 6.25. The summed E-state index contributed by atoms with van der Waals surface area (Å²) in [5.74, 6) is 0.274. The zero-order chi connectivity index (χ0) is 24.0. The lowest BCUT2D eigenvalue weighted by atomic mass is 9.94. The number of amidine groups is 1. The van der Waals surface area contributed by atoms with Gasteiger partial charge in [-0.2, -0.15) is 13.8 Å². The highest BCUT2D eigenvalue weighted by molar-refractivity contribution is 7.97. The minimum Gasteiger partial charge on any atom is -0.435 e. The van der Waals surface area contributed by atoms with E-state index in [0.29, 0.717) is 17.4 Å². The number of halogens is 2. The molecule has 2 atom stereocenters. The third kappa shape index (κ3) is 7.54. The van der Waals surface area contributed by atoms with E-state index in [9.17, 15) is 13.6 Å². The van der Waals surface area contributed by atoms with E-state index in [0.717, 1.165) is 18.0 Å². The first-order chi connectivity index (χ1) is 15.7. The smallest absolute Gasteiger partial charge is 0.387 e. The van der Waals surface area contributed by atoms with Gasteiger partial charge in [0.1, 0.15) is 5.75 Å². The number of hydrogen-bond donors (Lipinski definition) is 2. The molecule has 0 radical (unpaired) electrons. The maximum Gasteiger partial charge on any atom is 0.387 e. The molecule has 0 bridgehead atoms. The Morgan fingerprint density at radius 2 is 1.67 bits per heavy atom. The van der Waals surface area contributed by atoms with Gasteiger partial charge in [0.2, 0.25) is 5.90 Å². The highest BCUT2D eigenvalue weighted by atomic mass is 32.2. The summed E-state index contributed by atoms with van der Waals surface area (Å²) in [5, 5.41) is 7.91. The monoisotopic (exact) mass is 476 g/mol. The van der Waals surface area contributed by atoms with Crippen LogP contribution in [-0.4, -0.2) is 41.8 Å². The third-order valence-corrected chi connectivity index (χ3v) is 5.97. The number of carbonyl (C=O) groups is 1. The molecule has 2 aromatic rings. The molecule has 2 aromatic carbocycles. The van der Waals surface area contributed by atoms with Gasteiger partial charge in [-0.15, -0.1) is 0 Å². The molecule has 7 nitrogen and oxygen atoms in total. The van der Waals surface area contributed by atoms with Crippen molar-refractivity contribution >= 4 is 29.8 Å². The Bertz CT molecular complexity index is 990. The van der Waals surface area contributed by atoms with Crippen LogP contribution in [0.4, 0.5) is 8.78 Å². The molecule has 1 aliphatic heterocycles. The average Bonchev–Trinajstić information content (AvgIpc) is 2.73. The van der Waals surface area contributed by atoms with E-state index in [1.807, 2.05) is 12.1 Å². The van der Waals surface area contributed by atoms with Crippen LogP contribution in [0.2, 0.25) is 0 Å². The fraction of sp³-hybridized carbons (Fsp3) is 0.348. The second-order valence-corrected chi connectivity index (χ2v) is 9.17. The number of aliphatic imine (C=N–C) groups is 1. The van der Waals surface area contributed by atoms with Crippen molar-refractivity contribution in [2.24, 2.45) is 22.6 Å². The Labute approximate surface area is 195 Å². The number of nitrogens with one attached hydrogen (secondary N) is 1. The first kappa shape index (κ1) is 24.7. The predicted octanol–water partition coefficient (Wildman–Crippen LogP) is 4.77. The van der Waals surface area contributed by atoms with Crippen LogP contribution >= 0.6 is 11.9 Å². The SMILES string of the molecule is C[C@@H]1C[C@H](C)CN(Sc2ccc(C(=O)N=C(N)OC(=N)c3ccc(OC(F)F)cc3)cc2)C1. The van der Waals surface area contributed by atoms with Gasteiger partial charge >= 0.3 is 6.61 Å². The topological polar surface area (TPSA) is 101 Å². The third-order valence-electron chi connectivity index (χ3n) is 4.93. The Hall–Kier alpha value is -2.98. The lowest BCUT2D eigenvalue weighted by molar-refractivity contribution is -0.0498. The maximum absolute atomic E-state index is 12.4. The standard InChI is InChI=1S/C23H26F2N4O3S/c1-14-11-15(2)13-29(12-14)33-19-9-5-17(6-10-19)21(30)28-23(27)32-20(26)16-3-7-18(8-4-16)31-22(24)25/h3-10,14-15,22,26H,11-13H2,1-2H3,(H2,27,28,30)/t14-,15+. The van der Waals surface area contributed by atoms with Crippen LogP contribution in [0.25, 0.3) is 0 Å². The predicted molar refractivity (Wildman–Crippen MR) is 124 cm³/mol. The summed E-state index contributed by atoms with van der Waals surface area (Å²) in [4.78, 5) is 17.1. The Morgan fingerprint density at radius 3 is 2.24 bits per heavy atom. The Morgan fingerprint density at radius 1 is 1.09 bits per heavy atom. The second kappa shape index (κ2) is 11.2. The molecule has 0 unspecified atom stereocenters. The van der Waals surface area contributed by atoms with E-state index in [1.165, 1.54) is 30.7 Å². The van der Waals surface area contributed by atoms with Crippen molar-refractivity contribution in [3.8, 4) is 5.75 Å². The van der Waals surface area contributed by atoms with Crippen LogP contribution in [0.15, 0.2) is 58.4 Å². The number of rotatable bonds is 6. The normalized spacial score (nSPS) is 19.4. The number of hydrogen-bond acceptors (Lipinski definition) is 6. The summed E-state index contributed by atoms with van der Waals surface area (Å²) in [7, 11) is 0. The van der Waals surface area contributed by atoms with Gasteiger partial charge in [-0.3, -0.25) is 10.2 Å². The Kier molecular flexibility index (Phi) is 8.40.